The summed E-state index contributed by atoms with van der Waals surface area (Å²) in [7, 11) is 0. The molecule has 0 saturated carbocycles. The first-order valence-corrected chi connectivity index (χ1v) is 8.53. The quantitative estimate of drug-likeness (QED) is 0.832. The maximum atomic E-state index is 5.81. The Labute approximate surface area is 147 Å². The average Bonchev–Trinajstić information content (AvgIpc) is 2.69. The molecule has 0 atom stereocenters. The zero-order valence-electron chi connectivity index (χ0n) is 14.0. The topological polar surface area (TPSA) is 53.1 Å². The van der Waals surface area contributed by atoms with E-state index in [2.05, 4.69) is 9.88 Å². The van der Waals surface area contributed by atoms with Crippen LogP contribution in [0.3, 0.4) is 0 Å². The Bertz CT molecular complexity index is 699. The van der Waals surface area contributed by atoms with E-state index in [1.54, 1.807) is 12.8 Å². The molecular weight excluding hydrogens is 320 g/mol. The van der Waals surface area contributed by atoms with Crippen LogP contribution in [0.15, 0.2) is 36.5 Å². The minimum Gasteiger partial charge on any atom is -0.491 e. The van der Waals surface area contributed by atoms with Crippen LogP contribution in [0.5, 0.6) is 17.2 Å². The molecule has 6 nitrogen and oxygen atoms in total. The number of rotatable bonds is 5. The number of aromatic nitrogens is 1. The summed E-state index contributed by atoms with van der Waals surface area (Å²) in [4.78, 5) is 6.86. The van der Waals surface area contributed by atoms with Gasteiger partial charge >= 0.3 is 0 Å². The first-order valence-electron chi connectivity index (χ1n) is 8.53. The Morgan fingerprint density at radius 3 is 2.88 bits per heavy atom. The van der Waals surface area contributed by atoms with Gasteiger partial charge in [0.1, 0.15) is 19.0 Å². The number of ether oxygens (including phenoxy) is 4. The van der Waals surface area contributed by atoms with Gasteiger partial charge < -0.3 is 18.9 Å². The molecule has 0 aliphatic carbocycles. The Kier molecular flexibility index (Phi) is 4.99. The zero-order chi connectivity index (χ0) is 16.9. The number of morpholine rings is 1. The normalized spacial score (nSPS) is 17.3. The Hall–Kier alpha value is -2.31. The number of fused-ring (bicyclic) bond motifs is 1. The number of nitrogens with zero attached hydrogens (tertiary/aromatic N) is 2. The molecule has 0 unspecified atom stereocenters. The molecule has 3 heterocycles. The maximum Gasteiger partial charge on any atom is 0.173 e. The lowest BCUT2D eigenvalue weighted by Crippen LogP contribution is -2.38. The molecule has 6 heteroatoms. The predicted octanol–water partition coefficient (Wildman–Crippen LogP) is 2.39. The van der Waals surface area contributed by atoms with Crippen LogP contribution in [0.4, 0.5) is 0 Å². The van der Waals surface area contributed by atoms with Gasteiger partial charge in [0.05, 0.1) is 25.1 Å². The van der Waals surface area contributed by atoms with E-state index in [9.17, 15) is 0 Å². The molecule has 1 saturated heterocycles. The SMILES string of the molecule is [CH]1COc2cccc(-c3ccc(OCCN4CCOCC4)cn3)c2O1. The molecular formula is C19H21N2O4. The third-order valence-electron chi connectivity index (χ3n) is 4.28. The standard InChI is InChI=1S/C19H21N2O4/c1-2-16(19-18(3-1)24-12-13-25-19)17-5-4-15(14-20-17)23-11-8-21-6-9-22-10-7-21/h1-5,13-14H,6-12H2. The van der Waals surface area contributed by atoms with Gasteiger partial charge in [0.25, 0.3) is 0 Å². The van der Waals surface area contributed by atoms with Crippen molar-refractivity contribution in [2.24, 2.45) is 0 Å². The Morgan fingerprint density at radius 1 is 1.12 bits per heavy atom. The molecule has 4 rings (SSSR count). The number of benzene rings is 1. The van der Waals surface area contributed by atoms with E-state index in [4.69, 9.17) is 18.9 Å². The van der Waals surface area contributed by atoms with Gasteiger partial charge in [-0.05, 0) is 24.3 Å². The molecule has 1 radical (unpaired) electrons. The van der Waals surface area contributed by atoms with E-state index < -0.39 is 0 Å². The van der Waals surface area contributed by atoms with Crippen molar-refractivity contribution in [3.63, 3.8) is 0 Å². The lowest BCUT2D eigenvalue weighted by Gasteiger charge is -2.26. The highest BCUT2D eigenvalue weighted by molar-refractivity contribution is 5.71. The smallest absolute Gasteiger partial charge is 0.173 e. The van der Waals surface area contributed by atoms with E-state index in [1.807, 2.05) is 30.3 Å². The number of pyridine rings is 1. The minimum absolute atomic E-state index is 0.458. The van der Waals surface area contributed by atoms with Gasteiger partial charge in [-0.15, -0.1) is 0 Å². The summed E-state index contributed by atoms with van der Waals surface area (Å²) in [5.41, 5.74) is 1.74. The van der Waals surface area contributed by atoms with Crippen LogP contribution in [0.25, 0.3) is 11.3 Å². The van der Waals surface area contributed by atoms with E-state index in [-0.39, 0.29) is 0 Å². The van der Waals surface area contributed by atoms with Crippen molar-refractivity contribution in [2.75, 3.05) is 46.1 Å². The van der Waals surface area contributed by atoms with Crippen molar-refractivity contribution in [3.05, 3.63) is 43.1 Å². The second-order valence-corrected chi connectivity index (χ2v) is 5.91. The van der Waals surface area contributed by atoms with E-state index in [1.165, 1.54) is 0 Å². The Morgan fingerprint density at radius 2 is 2.04 bits per heavy atom. The van der Waals surface area contributed by atoms with E-state index in [0.29, 0.717) is 19.0 Å². The predicted molar refractivity (Wildman–Crippen MR) is 92.9 cm³/mol. The summed E-state index contributed by atoms with van der Waals surface area (Å²) in [6, 6.07) is 9.70. The molecule has 1 aromatic carbocycles. The number of para-hydroxylation sites is 1. The van der Waals surface area contributed by atoms with Gasteiger partial charge in [-0.1, -0.05) is 6.07 Å². The highest BCUT2D eigenvalue weighted by Gasteiger charge is 2.17. The van der Waals surface area contributed by atoms with Crippen molar-refractivity contribution in [1.82, 2.24) is 9.88 Å². The Balaban J connectivity index is 1.39. The largest absolute Gasteiger partial charge is 0.491 e. The molecule has 2 aromatic rings. The second kappa shape index (κ2) is 7.72. The van der Waals surface area contributed by atoms with Crippen LogP contribution >= 0.6 is 0 Å². The summed E-state index contributed by atoms with van der Waals surface area (Å²) in [6.45, 7) is 7.21. The number of hydrogen-bond acceptors (Lipinski definition) is 6. The molecule has 1 aromatic heterocycles. The highest BCUT2D eigenvalue weighted by Crippen LogP contribution is 2.39. The first-order chi connectivity index (χ1) is 12.4. The van der Waals surface area contributed by atoms with Crippen LogP contribution in [-0.2, 0) is 4.74 Å². The van der Waals surface area contributed by atoms with E-state index >= 15 is 0 Å². The fourth-order valence-electron chi connectivity index (χ4n) is 2.94. The maximum absolute atomic E-state index is 5.81. The summed E-state index contributed by atoms with van der Waals surface area (Å²) in [5, 5.41) is 0. The van der Waals surface area contributed by atoms with Crippen LogP contribution in [0.2, 0.25) is 0 Å². The molecule has 2 aliphatic rings. The summed E-state index contributed by atoms with van der Waals surface area (Å²) < 4.78 is 22.4. The monoisotopic (exact) mass is 341 g/mol. The van der Waals surface area contributed by atoms with Crippen LogP contribution in [0.1, 0.15) is 0 Å². The van der Waals surface area contributed by atoms with Crippen LogP contribution < -0.4 is 14.2 Å². The van der Waals surface area contributed by atoms with Crippen molar-refractivity contribution < 1.29 is 18.9 Å². The first kappa shape index (κ1) is 16.2. The van der Waals surface area contributed by atoms with Gasteiger partial charge in [0.15, 0.2) is 18.1 Å². The third kappa shape index (κ3) is 3.86. The summed E-state index contributed by atoms with van der Waals surface area (Å²) in [5.74, 6) is 2.22. The van der Waals surface area contributed by atoms with Crippen LogP contribution in [-0.4, -0.2) is 55.9 Å². The van der Waals surface area contributed by atoms with Crippen molar-refractivity contribution in [1.29, 1.82) is 0 Å². The molecule has 0 amide bonds. The third-order valence-corrected chi connectivity index (χ3v) is 4.28. The molecule has 0 bridgehead atoms. The number of hydrogen-bond donors (Lipinski definition) is 0. The van der Waals surface area contributed by atoms with E-state index in [0.717, 1.165) is 55.6 Å². The van der Waals surface area contributed by atoms with Crippen LogP contribution in [0, 0.1) is 6.61 Å². The lowest BCUT2D eigenvalue weighted by molar-refractivity contribution is 0.0322. The average molecular weight is 341 g/mol. The van der Waals surface area contributed by atoms with Gasteiger partial charge in [0.2, 0.25) is 0 Å². The fraction of sp³-hybridized carbons (Fsp3) is 0.368. The molecule has 0 spiro atoms. The van der Waals surface area contributed by atoms with Crippen molar-refractivity contribution in [3.8, 4) is 28.5 Å². The molecule has 0 N–H and O–H groups in total. The zero-order valence-corrected chi connectivity index (χ0v) is 14.0. The second-order valence-electron chi connectivity index (χ2n) is 5.91. The fourth-order valence-corrected chi connectivity index (χ4v) is 2.94. The van der Waals surface area contributed by atoms with Crippen molar-refractivity contribution >= 4 is 0 Å². The molecule has 25 heavy (non-hydrogen) atoms. The molecule has 131 valence electrons. The van der Waals surface area contributed by atoms with Gasteiger partial charge in [-0.3, -0.25) is 9.88 Å². The molecule has 1 fully saturated rings. The lowest BCUT2D eigenvalue weighted by atomic mass is 10.1. The summed E-state index contributed by atoms with van der Waals surface area (Å²) >= 11 is 0. The highest BCUT2D eigenvalue weighted by atomic mass is 16.6. The minimum atomic E-state index is 0.458. The summed E-state index contributed by atoms with van der Waals surface area (Å²) in [6.07, 6.45) is 1.75. The van der Waals surface area contributed by atoms with Gasteiger partial charge in [0, 0.05) is 25.2 Å². The van der Waals surface area contributed by atoms with Crippen molar-refractivity contribution in [2.45, 2.75) is 0 Å². The molecule has 2 aliphatic heterocycles. The van der Waals surface area contributed by atoms with Gasteiger partial charge in [-0.25, -0.2) is 0 Å². The van der Waals surface area contributed by atoms with Gasteiger partial charge in [-0.2, -0.15) is 0 Å².